The second kappa shape index (κ2) is 13.4. The first-order chi connectivity index (χ1) is 23.9. The summed E-state index contributed by atoms with van der Waals surface area (Å²) < 4.78 is 49.6. The van der Waals surface area contributed by atoms with Crippen molar-refractivity contribution in [2.24, 2.45) is 11.8 Å². The van der Waals surface area contributed by atoms with Crippen molar-refractivity contribution in [2.45, 2.75) is 121 Å². The smallest absolute Gasteiger partial charge is 0.410 e. The number of carbonyl (C=O) groups is 5. The molecule has 2 saturated carbocycles. The summed E-state index contributed by atoms with van der Waals surface area (Å²) in [6.07, 6.45) is -0.816. The number of hydrogen-bond donors (Lipinski definition) is 3. The van der Waals surface area contributed by atoms with Crippen molar-refractivity contribution in [3.05, 3.63) is 23.3 Å². The first kappa shape index (κ1) is 36.5. The lowest BCUT2D eigenvalue weighted by molar-refractivity contribution is -0.142. The van der Waals surface area contributed by atoms with Gasteiger partial charge in [0.2, 0.25) is 28.6 Å². The molecule has 2 aliphatic carbocycles. The van der Waals surface area contributed by atoms with Crippen molar-refractivity contribution >= 4 is 39.9 Å². The summed E-state index contributed by atoms with van der Waals surface area (Å²) in [4.78, 5) is 70.7. The highest BCUT2D eigenvalue weighted by molar-refractivity contribution is 7.91. The second-order valence-electron chi connectivity index (χ2n) is 15.4. The Morgan fingerprint density at radius 3 is 2.20 bits per heavy atom. The van der Waals surface area contributed by atoms with E-state index in [0.29, 0.717) is 30.8 Å². The molecule has 1 aromatic carbocycles. The molecule has 3 N–H and O–H groups in total. The summed E-state index contributed by atoms with van der Waals surface area (Å²) in [7, 11) is -3.88. The van der Waals surface area contributed by atoms with Gasteiger partial charge in [0.05, 0.1) is 11.8 Å². The van der Waals surface area contributed by atoms with E-state index < -0.39 is 80.4 Å². The molecular weight excluding hydrogens is 686 g/mol. The lowest BCUT2D eigenvalue weighted by atomic mass is 10.0. The average Bonchev–Trinajstić information content (AvgIpc) is 3.86. The van der Waals surface area contributed by atoms with E-state index in [2.05, 4.69) is 15.4 Å². The summed E-state index contributed by atoms with van der Waals surface area (Å²) in [5, 5.41) is 4.77. The highest BCUT2D eigenvalue weighted by Gasteiger charge is 2.62. The number of likely N-dealkylation sites (tertiary alicyclic amines) is 1. The number of rotatable bonds is 10. The van der Waals surface area contributed by atoms with Crippen LogP contribution < -0.4 is 24.8 Å². The standard InChI is InChI=1S/C34H47N5O11S/c1-7-21-13-34(21,30(42)37-51(45,46)23-8-9-23)36-28(40)24-12-22(16-39(24)29(41)27(18(2)3)35-31(43)50-33(4,5)6)49-32(44)38-14-19-10-25-26(48-17-47-25)11-20(19)15-38/h10-11,18,21-24,27H,7-9,12-17H2,1-6H3,(H,35,43)(H,36,40)(H,37,42)/t21-,22+,24-,27-,34-/m0/s1. The maximum atomic E-state index is 14.2. The van der Waals surface area contributed by atoms with Gasteiger partial charge >= 0.3 is 12.2 Å². The van der Waals surface area contributed by atoms with E-state index in [-0.39, 0.29) is 45.2 Å². The monoisotopic (exact) mass is 733 g/mol. The van der Waals surface area contributed by atoms with Gasteiger partial charge in [0.1, 0.15) is 29.3 Å². The third-order valence-corrected chi connectivity index (χ3v) is 11.8. The number of nitrogens with one attached hydrogen (secondary N) is 3. The van der Waals surface area contributed by atoms with Crippen LogP contribution in [0.5, 0.6) is 11.5 Å². The Morgan fingerprint density at radius 2 is 1.67 bits per heavy atom. The third kappa shape index (κ3) is 7.67. The van der Waals surface area contributed by atoms with Crippen molar-refractivity contribution in [3.63, 3.8) is 0 Å². The lowest BCUT2D eigenvalue weighted by Gasteiger charge is -2.31. The van der Waals surface area contributed by atoms with Gasteiger partial charge in [-0.15, -0.1) is 0 Å². The van der Waals surface area contributed by atoms with Crippen molar-refractivity contribution in [1.82, 2.24) is 25.2 Å². The van der Waals surface area contributed by atoms with Crippen LogP contribution in [0.1, 0.15) is 84.8 Å². The number of sulfonamides is 1. The molecule has 1 aromatic rings. The highest BCUT2D eigenvalue weighted by atomic mass is 32.2. The van der Waals surface area contributed by atoms with Crippen LogP contribution in [0.15, 0.2) is 12.1 Å². The number of hydrogen-bond acceptors (Lipinski definition) is 11. The minimum atomic E-state index is -3.88. The molecular formula is C34H47N5O11S. The predicted octanol–water partition coefficient (Wildman–Crippen LogP) is 2.28. The topological polar surface area (TPSA) is 199 Å². The molecule has 280 valence electrons. The first-order valence-corrected chi connectivity index (χ1v) is 19.0. The molecule has 0 aromatic heterocycles. The number of ether oxygens (including phenoxy) is 4. The van der Waals surface area contributed by atoms with E-state index in [1.165, 1.54) is 9.80 Å². The molecule has 0 unspecified atom stereocenters. The van der Waals surface area contributed by atoms with Crippen LogP contribution in [-0.4, -0.2) is 96.0 Å². The maximum absolute atomic E-state index is 14.2. The molecule has 3 fully saturated rings. The number of benzene rings is 1. The molecule has 17 heteroatoms. The van der Waals surface area contributed by atoms with E-state index in [1.807, 2.05) is 19.1 Å². The number of nitrogens with zero attached hydrogens (tertiary/aromatic N) is 2. The van der Waals surface area contributed by atoms with Crippen LogP contribution in [0.25, 0.3) is 0 Å². The summed E-state index contributed by atoms with van der Waals surface area (Å²) in [6.45, 7) is 10.9. The Labute approximate surface area is 297 Å². The van der Waals surface area contributed by atoms with E-state index in [0.717, 1.165) is 11.1 Å². The summed E-state index contributed by atoms with van der Waals surface area (Å²) in [5.74, 6) is -1.66. The van der Waals surface area contributed by atoms with Crippen LogP contribution in [-0.2, 0) is 47.0 Å². The Morgan fingerprint density at radius 1 is 1.04 bits per heavy atom. The fraction of sp³-hybridized carbons (Fsp3) is 0.676. The van der Waals surface area contributed by atoms with Crippen molar-refractivity contribution < 1.29 is 51.3 Å². The van der Waals surface area contributed by atoms with Crippen LogP contribution in [0.3, 0.4) is 0 Å². The van der Waals surface area contributed by atoms with Gasteiger partial charge in [-0.3, -0.25) is 24.0 Å². The van der Waals surface area contributed by atoms with Gasteiger partial charge in [0.25, 0.3) is 5.91 Å². The van der Waals surface area contributed by atoms with E-state index in [1.54, 1.807) is 34.6 Å². The number of amides is 5. The third-order valence-electron chi connectivity index (χ3n) is 9.94. The van der Waals surface area contributed by atoms with Gasteiger partial charge in [0, 0.05) is 19.5 Å². The minimum absolute atomic E-state index is 0.0911. The molecule has 6 rings (SSSR count). The molecule has 0 spiro atoms. The van der Waals surface area contributed by atoms with Gasteiger partial charge in [-0.25, -0.2) is 18.0 Å². The van der Waals surface area contributed by atoms with Gasteiger partial charge < -0.3 is 34.5 Å². The lowest BCUT2D eigenvalue weighted by Crippen LogP contribution is -2.59. The fourth-order valence-electron chi connectivity index (χ4n) is 6.93. The average molecular weight is 734 g/mol. The van der Waals surface area contributed by atoms with E-state index in [9.17, 15) is 32.4 Å². The molecule has 0 radical (unpaired) electrons. The molecule has 1 saturated heterocycles. The molecule has 3 aliphatic heterocycles. The number of carbonyl (C=O) groups excluding carboxylic acids is 5. The Hall–Kier alpha value is -4.28. The summed E-state index contributed by atoms with van der Waals surface area (Å²) >= 11 is 0. The Balaban J connectivity index is 1.20. The van der Waals surface area contributed by atoms with Crippen LogP contribution >= 0.6 is 0 Å². The van der Waals surface area contributed by atoms with Gasteiger partial charge in [-0.2, -0.15) is 0 Å². The Kier molecular flexibility index (Phi) is 9.57. The zero-order chi connectivity index (χ0) is 37.0. The van der Waals surface area contributed by atoms with Crippen LogP contribution in [0.4, 0.5) is 9.59 Å². The van der Waals surface area contributed by atoms with E-state index >= 15 is 0 Å². The normalized spacial score (nSPS) is 25.6. The molecule has 0 bridgehead atoms. The maximum Gasteiger partial charge on any atom is 0.410 e. The molecule has 16 nitrogen and oxygen atoms in total. The van der Waals surface area contributed by atoms with E-state index in [4.69, 9.17) is 18.9 Å². The number of alkyl carbamates (subject to hydrolysis) is 1. The predicted molar refractivity (Wildman–Crippen MR) is 180 cm³/mol. The zero-order valence-corrected chi connectivity index (χ0v) is 30.6. The molecule has 3 heterocycles. The zero-order valence-electron chi connectivity index (χ0n) is 29.8. The second-order valence-corrected chi connectivity index (χ2v) is 17.4. The summed E-state index contributed by atoms with van der Waals surface area (Å²) in [6, 6.07) is 1.35. The largest absolute Gasteiger partial charge is 0.454 e. The highest BCUT2D eigenvalue weighted by Crippen LogP contribution is 2.47. The van der Waals surface area contributed by atoms with Crippen LogP contribution in [0.2, 0.25) is 0 Å². The van der Waals surface area contributed by atoms with Crippen molar-refractivity contribution in [3.8, 4) is 11.5 Å². The quantitative estimate of drug-likeness (QED) is 0.319. The first-order valence-electron chi connectivity index (χ1n) is 17.5. The fourth-order valence-corrected chi connectivity index (χ4v) is 8.30. The van der Waals surface area contributed by atoms with Crippen molar-refractivity contribution in [1.29, 1.82) is 0 Å². The van der Waals surface area contributed by atoms with Gasteiger partial charge in [-0.05, 0) is 75.1 Å². The summed E-state index contributed by atoms with van der Waals surface area (Å²) in [5.41, 5.74) is -0.543. The van der Waals surface area contributed by atoms with Gasteiger partial charge in [0.15, 0.2) is 11.5 Å². The molecule has 5 aliphatic rings. The minimum Gasteiger partial charge on any atom is -0.454 e. The van der Waals surface area contributed by atoms with Crippen molar-refractivity contribution in [2.75, 3.05) is 13.3 Å². The van der Waals surface area contributed by atoms with Crippen LogP contribution in [0, 0.1) is 11.8 Å². The SMILES string of the molecule is CC[C@H]1C[C@@]1(NC(=O)[C@@H]1C[C@@H](OC(=O)N2Cc3cc4c(cc3C2)OCO4)CN1C(=O)[C@@H](NC(=O)OC(C)(C)C)C(C)C)C(=O)NS(=O)(=O)C1CC1. The molecule has 5 amide bonds. The van der Waals surface area contributed by atoms with Gasteiger partial charge in [-0.1, -0.05) is 27.2 Å². The number of fused-ring (bicyclic) bond motifs is 2. The molecule has 51 heavy (non-hydrogen) atoms. The Bertz CT molecular complexity index is 1690. The molecule has 5 atom stereocenters.